The molecule has 3 aromatic carbocycles. The van der Waals surface area contributed by atoms with E-state index in [1.807, 2.05) is 30.3 Å². The number of aromatic nitrogens is 1. The molecule has 0 spiro atoms. The Hall–Kier alpha value is -6.30. The third kappa shape index (κ3) is 12.4. The molecule has 0 aliphatic rings. The maximum absolute atomic E-state index is 16.0. The van der Waals surface area contributed by atoms with Crippen LogP contribution in [0.1, 0.15) is 58.0 Å². The number of nitrogen functional groups attached to an aromatic ring is 1. The Morgan fingerprint density at radius 1 is 0.907 bits per heavy atom. The summed E-state index contributed by atoms with van der Waals surface area (Å²) in [4.78, 5) is 37.5. The molecule has 0 aliphatic heterocycles. The quantitative estimate of drug-likeness (QED) is 0.0283. The van der Waals surface area contributed by atoms with Crippen molar-refractivity contribution in [3.05, 3.63) is 107 Å². The first-order valence-corrected chi connectivity index (χ1v) is 16.1. The van der Waals surface area contributed by atoms with Gasteiger partial charge in [-0.1, -0.05) is 42.5 Å². The lowest BCUT2D eigenvalue weighted by Gasteiger charge is -2.19. The van der Waals surface area contributed by atoms with Crippen LogP contribution in [0.4, 0.5) is 27.6 Å². The zero-order chi connectivity index (χ0) is 40.0. The Morgan fingerprint density at radius 3 is 2.15 bits per heavy atom. The number of carbonyl (C=O) groups is 3. The Bertz CT molecular complexity index is 1950. The summed E-state index contributed by atoms with van der Waals surface area (Å²) in [6.45, 7) is 1.98. The predicted molar refractivity (Wildman–Crippen MR) is 185 cm³/mol. The summed E-state index contributed by atoms with van der Waals surface area (Å²) in [6.07, 6.45) is -2.95. The van der Waals surface area contributed by atoms with E-state index < -0.39 is 64.7 Å². The molecule has 0 aliphatic carbocycles. The summed E-state index contributed by atoms with van der Waals surface area (Å²) in [5.74, 6) is -9.23. The van der Waals surface area contributed by atoms with Crippen molar-refractivity contribution in [3.63, 3.8) is 0 Å². The van der Waals surface area contributed by atoms with Gasteiger partial charge in [0.1, 0.15) is 28.6 Å². The first-order chi connectivity index (χ1) is 25.5. The molecule has 13 nitrogen and oxygen atoms in total. The van der Waals surface area contributed by atoms with Gasteiger partial charge in [0, 0.05) is 30.3 Å². The van der Waals surface area contributed by atoms with Gasteiger partial charge in [0.2, 0.25) is 11.6 Å². The highest BCUT2D eigenvalue weighted by Gasteiger charge is 2.38. The molecule has 18 heteroatoms. The van der Waals surface area contributed by atoms with Crippen molar-refractivity contribution < 1.29 is 61.1 Å². The van der Waals surface area contributed by atoms with Gasteiger partial charge in [-0.05, 0) is 68.5 Å². The van der Waals surface area contributed by atoms with Crippen LogP contribution in [0.3, 0.4) is 0 Å². The molecule has 54 heavy (non-hydrogen) atoms. The smallest absolute Gasteiger partial charge is 0.478 e. The minimum absolute atomic E-state index is 0.00950. The second kappa shape index (κ2) is 19.5. The number of hydrogen-bond donors (Lipinski definition) is 7. The lowest BCUT2D eigenvalue weighted by molar-refractivity contribution is -0.192. The molecule has 0 fully saturated rings. The minimum atomic E-state index is -5.08. The number of alkyl halides is 3. The number of nitrogens with zero attached hydrogens (tertiary/aromatic N) is 1. The summed E-state index contributed by atoms with van der Waals surface area (Å²) in [5, 5.41) is 39.0. The second-order valence-electron chi connectivity index (χ2n) is 11.4. The number of benzene rings is 3. The average molecular weight is 762 g/mol. The van der Waals surface area contributed by atoms with E-state index in [9.17, 15) is 27.9 Å². The van der Waals surface area contributed by atoms with Crippen LogP contribution in [0.25, 0.3) is 0 Å². The number of aliphatic hydroxyl groups is 1. The molecular weight excluding hydrogens is 725 g/mol. The van der Waals surface area contributed by atoms with E-state index in [4.69, 9.17) is 35.6 Å². The number of carboxylic acids is 2. The number of pyridine rings is 1. The summed E-state index contributed by atoms with van der Waals surface area (Å²) in [6, 6.07) is 18.6. The highest BCUT2D eigenvalue weighted by Crippen LogP contribution is 2.37. The summed E-state index contributed by atoms with van der Waals surface area (Å²) < 4.78 is 74.8. The van der Waals surface area contributed by atoms with Gasteiger partial charge in [-0.15, -0.1) is 0 Å². The normalized spacial score (nSPS) is 11.4. The number of aliphatic carboxylic acids is 1. The number of halogens is 5. The van der Waals surface area contributed by atoms with Crippen LogP contribution in [0.15, 0.2) is 72.8 Å². The molecule has 1 unspecified atom stereocenters. The van der Waals surface area contributed by atoms with Gasteiger partial charge < -0.3 is 41.2 Å². The van der Waals surface area contributed by atoms with Gasteiger partial charge in [0.15, 0.2) is 0 Å². The molecule has 1 amide bonds. The van der Waals surface area contributed by atoms with Crippen LogP contribution < -0.4 is 25.8 Å². The fourth-order valence-corrected chi connectivity index (χ4v) is 4.52. The van der Waals surface area contributed by atoms with E-state index in [0.29, 0.717) is 25.7 Å². The monoisotopic (exact) mass is 761 g/mol. The topological polar surface area (TPSA) is 217 Å². The molecule has 0 bridgehead atoms. The van der Waals surface area contributed by atoms with Gasteiger partial charge in [0.05, 0.1) is 0 Å². The van der Waals surface area contributed by atoms with Gasteiger partial charge >= 0.3 is 18.1 Å². The first-order valence-electron chi connectivity index (χ1n) is 16.1. The Balaban J connectivity index is 0.00000102. The standard InChI is InChI=1S/C34H35F2N5O6.C2HF3O2/c1-20(12-13-21-8-3-2-4-9-21)40-29-27(35)32(46-24-11-7-10-22(18-24)30(37)38)41-33(28(29)36)47-26-15-14-23(19-25(26)34(44)45)31(43)39-16-5-6-17-42;3-2(4,5)1(6)7/h2-4,7-11,14-15,18-20,42H,5-6,12-13,16-17H2,1H3,(H3,37,38)(H,39,43)(H,40,41)(H,44,45);(H,6,7). The van der Waals surface area contributed by atoms with E-state index in [1.165, 1.54) is 30.3 Å². The van der Waals surface area contributed by atoms with Crippen LogP contribution in [0.2, 0.25) is 0 Å². The number of carbonyl (C=O) groups excluding carboxylic acids is 1. The van der Waals surface area contributed by atoms with Crippen molar-refractivity contribution in [2.75, 3.05) is 18.5 Å². The highest BCUT2D eigenvalue weighted by molar-refractivity contribution is 5.99. The molecular formula is C36H36F5N5O8. The molecule has 1 atom stereocenters. The number of ether oxygens (including phenoxy) is 2. The maximum Gasteiger partial charge on any atom is 0.490 e. The fraction of sp³-hybridized carbons (Fsp3) is 0.250. The number of hydrogen-bond acceptors (Lipinski definition) is 9. The molecule has 1 aromatic heterocycles. The number of unbranched alkanes of at least 4 members (excludes halogenated alkanes) is 1. The van der Waals surface area contributed by atoms with Gasteiger partial charge in [0.25, 0.3) is 17.7 Å². The van der Waals surface area contributed by atoms with Crippen molar-refractivity contribution in [1.29, 1.82) is 5.41 Å². The number of anilines is 1. The van der Waals surface area contributed by atoms with Gasteiger partial charge in [-0.25, -0.2) is 9.59 Å². The molecule has 1 heterocycles. The summed E-state index contributed by atoms with van der Waals surface area (Å²) >= 11 is 0. The lowest BCUT2D eigenvalue weighted by Crippen LogP contribution is -2.25. The van der Waals surface area contributed by atoms with Gasteiger partial charge in [-0.2, -0.15) is 26.9 Å². The number of amides is 1. The number of carboxylic acid groups (broad SMARTS) is 2. The Labute approximate surface area is 305 Å². The number of aliphatic hydroxyl groups excluding tert-OH is 1. The van der Waals surface area contributed by atoms with E-state index >= 15 is 8.78 Å². The van der Waals surface area contributed by atoms with E-state index in [-0.39, 0.29) is 41.6 Å². The predicted octanol–water partition coefficient (Wildman–Crippen LogP) is 6.50. The molecule has 4 rings (SSSR count). The van der Waals surface area contributed by atoms with Crippen molar-refractivity contribution >= 4 is 29.4 Å². The lowest BCUT2D eigenvalue weighted by atomic mass is 10.1. The third-order valence-corrected chi connectivity index (χ3v) is 7.27. The summed E-state index contributed by atoms with van der Waals surface area (Å²) in [5.41, 5.74) is 5.83. The van der Waals surface area contributed by atoms with Crippen LogP contribution in [0, 0.1) is 17.0 Å². The van der Waals surface area contributed by atoms with E-state index in [2.05, 4.69) is 15.6 Å². The number of nitrogens with one attached hydrogen (secondary N) is 3. The van der Waals surface area contributed by atoms with Crippen molar-refractivity contribution in [1.82, 2.24) is 10.3 Å². The number of aryl methyl sites for hydroxylation is 1. The Morgan fingerprint density at radius 2 is 1.56 bits per heavy atom. The van der Waals surface area contributed by atoms with E-state index in [0.717, 1.165) is 11.6 Å². The molecule has 0 radical (unpaired) electrons. The SMILES string of the molecule is CC(CCc1ccccc1)Nc1c(F)c(Oc2cccc(C(=N)N)c2)nc(Oc2ccc(C(=O)NCCCCO)cc2C(=O)O)c1F.O=C(O)C(F)(F)F. The van der Waals surface area contributed by atoms with Crippen molar-refractivity contribution in [2.24, 2.45) is 5.73 Å². The fourth-order valence-electron chi connectivity index (χ4n) is 4.52. The Kier molecular flexibility index (Phi) is 15.2. The van der Waals surface area contributed by atoms with Crippen LogP contribution in [-0.2, 0) is 11.2 Å². The number of amidine groups is 1. The minimum Gasteiger partial charge on any atom is -0.478 e. The van der Waals surface area contributed by atoms with Crippen LogP contribution in [0.5, 0.6) is 23.3 Å². The molecule has 288 valence electrons. The largest absolute Gasteiger partial charge is 0.490 e. The zero-order valence-electron chi connectivity index (χ0n) is 28.5. The summed E-state index contributed by atoms with van der Waals surface area (Å²) in [7, 11) is 0. The third-order valence-electron chi connectivity index (χ3n) is 7.27. The molecule has 0 saturated carbocycles. The number of aromatic carboxylic acids is 1. The number of rotatable bonds is 16. The first kappa shape index (κ1) is 42.1. The van der Waals surface area contributed by atoms with Crippen molar-refractivity contribution in [2.45, 2.75) is 44.8 Å². The average Bonchev–Trinajstić information content (AvgIpc) is 3.13. The molecule has 8 N–H and O–H groups in total. The number of nitrogens with two attached hydrogens (primary N) is 1. The van der Waals surface area contributed by atoms with E-state index in [1.54, 1.807) is 13.0 Å². The zero-order valence-corrected chi connectivity index (χ0v) is 28.5. The van der Waals surface area contributed by atoms with Gasteiger partial charge in [-0.3, -0.25) is 10.2 Å². The molecule has 4 aromatic rings. The van der Waals surface area contributed by atoms with Crippen LogP contribution in [-0.4, -0.2) is 69.4 Å². The highest BCUT2D eigenvalue weighted by atomic mass is 19.4. The van der Waals surface area contributed by atoms with Crippen molar-refractivity contribution in [3.8, 4) is 23.3 Å². The molecule has 0 saturated heterocycles. The maximum atomic E-state index is 16.0. The van der Waals surface area contributed by atoms with Crippen LogP contribution >= 0.6 is 0 Å². The second-order valence-corrected chi connectivity index (χ2v) is 11.4.